The van der Waals surface area contributed by atoms with Gasteiger partial charge in [-0.3, -0.25) is 9.48 Å². The summed E-state index contributed by atoms with van der Waals surface area (Å²) in [6.07, 6.45) is -1.40. The van der Waals surface area contributed by atoms with E-state index in [1.165, 1.54) is 4.68 Å². The van der Waals surface area contributed by atoms with E-state index >= 15 is 0 Å². The topological polar surface area (TPSA) is 56.1 Å². The molecule has 2 aromatic rings. The maximum atomic E-state index is 13.3. The zero-order valence-electron chi connectivity index (χ0n) is 16.0. The number of rotatable bonds is 6. The molecule has 0 saturated carbocycles. The van der Waals surface area contributed by atoms with E-state index in [1.54, 1.807) is 38.3 Å². The minimum Gasteiger partial charge on any atom is -0.497 e. The quantitative estimate of drug-likeness (QED) is 0.786. The van der Waals surface area contributed by atoms with E-state index in [0.29, 0.717) is 42.0 Å². The largest absolute Gasteiger partial charge is 0.497 e. The van der Waals surface area contributed by atoms with Gasteiger partial charge in [-0.15, -0.1) is 0 Å². The highest BCUT2D eigenvalue weighted by Crippen LogP contribution is 2.36. The molecule has 0 aliphatic heterocycles. The maximum Gasteiger partial charge on any atom is 0.435 e. The average Bonchev–Trinajstić information content (AvgIpc) is 3.06. The van der Waals surface area contributed by atoms with Gasteiger partial charge in [-0.2, -0.15) is 18.3 Å². The van der Waals surface area contributed by atoms with Crippen LogP contribution >= 0.6 is 0 Å². The number of hydrogen-bond acceptors (Lipinski definition) is 3. The number of carbonyl (C=O) groups excluding carboxylic acids is 1. The van der Waals surface area contributed by atoms with Crippen LogP contribution in [0, 0.1) is 5.92 Å². The number of methoxy groups -OCH3 is 1. The second-order valence-electron chi connectivity index (χ2n) is 7.11. The van der Waals surface area contributed by atoms with Crippen LogP contribution in [0.3, 0.4) is 0 Å². The number of ether oxygens (including phenoxy) is 1. The molecule has 1 unspecified atom stereocenters. The van der Waals surface area contributed by atoms with Gasteiger partial charge in [0.15, 0.2) is 5.69 Å². The standard InChI is InChI=1S/C20H24F3N3O2/c1-13(19(27)24-14-7-9-15(28-2)10-8-14)11-12-26-17-6-4-3-5-16(17)18(25-26)20(21,22)23/h7-10,13H,3-6,11-12H2,1-2H3,(H,24,27). The normalized spacial score (nSPS) is 15.0. The fourth-order valence-corrected chi connectivity index (χ4v) is 3.47. The van der Waals surface area contributed by atoms with Crippen LogP contribution < -0.4 is 10.1 Å². The molecular weight excluding hydrogens is 371 g/mol. The van der Waals surface area contributed by atoms with Crippen molar-refractivity contribution in [3.63, 3.8) is 0 Å². The van der Waals surface area contributed by atoms with Crippen molar-refractivity contribution in [3.05, 3.63) is 41.2 Å². The van der Waals surface area contributed by atoms with Crippen molar-refractivity contribution in [2.24, 2.45) is 5.92 Å². The molecule has 0 radical (unpaired) electrons. The van der Waals surface area contributed by atoms with Gasteiger partial charge < -0.3 is 10.1 Å². The van der Waals surface area contributed by atoms with Gasteiger partial charge in [0, 0.05) is 29.4 Å². The van der Waals surface area contributed by atoms with Crippen molar-refractivity contribution in [3.8, 4) is 5.75 Å². The van der Waals surface area contributed by atoms with Gasteiger partial charge in [-0.05, 0) is 56.4 Å². The first kappa shape index (κ1) is 20.2. The average molecular weight is 395 g/mol. The molecule has 5 nitrogen and oxygen atoms in total. The monoisotopic (exact) mass is 395 g/mol. The number of fused-ring (bicyclic) bond motifs is 1. The third kappa shape index (κ3) is 4.48. The minimum atomic E-state index is -4.44. The molecule has 0 fully saturated rings. The van der Waals surface area contributed by atoms with Crippen molar-refractivity contribution in [1.82, 2.24) is 9.78 Å². The van der Waals surface area contributed by atoms with Gasteiger partial charge >= 0.3 is 6.18 Å². The summed E-state index contributed by atoms with van der Waals surface area (Å²) in [5.74, 6) is 0.150. The van der Waals surface area contributed by atoms with Crippen LogP contribution in [0.5, 0.6) is 5.75 Å². The molecule has 0 saturated heterocycles. The van der Waals surface area contributed by atoms with Crippen LogP contribution in [0.15, 0.2) is 24.3 Å². The Morgan fingerprint density at radius 3 is 2.57 bits per heavy atom. The first-order valence-corrected chi connectivity index (χ1v) is 9.40. The van der Waals surface area contributed by atoms with Crippen molar-refractivity contribution < 1.29 is 22.7 Å². The Morgan fingerprint density at radius 1 is 1.25 bits per heavy atom. The van der Waals surface area contributed by atoms with E-state index in [1.807, 2.05) is 0 Å². The third-order valence-corrected chi connectivity index (χ3v) is 5.10. The molecule has 1 aromatic heterocycles. The predicted molar refractivity (Wildman–Crippen MR) is 99.3 cm³/mol. The number of amides is 1. The van der Waals surface area contributed by atoms with Crippen LogP contribution in [0.2, 0.25) is 0 Å². The molecule has 0 bridgehead atoms. The van der Waals surface area contributed by atoms with E-state index in [9.17, 15) is 18.0 Å². The smallest absolute Gasteiger partial charge is 0.435 e. The van der Waals surface area contributed by atoms with Gasteiger partial charge in [0.05, 0.1) is 7.11 Å². The van der Waals surface area contributed by atoms with E-state index in [-0.39, 0.29) is 18.4 Å². The van der Waals surface area contributed by atoms with Crippen molar-refractivity contribution in [2.45, 2.75) is 51.7 Å². The molecule has 1 heterocycles. The number of alkyl halides is 3. The zero-order chi connectivity index (χ0) is 20.3. The van der Waals surface area contributed by atoms with E-state index in [4.69, 9.17) is 4.74 Å². The Morgan fingerprint density at radius 2 is 1.93 bits per heavy atom. The minimum absolute atomic E-state index is 0.178. The molecule has 28 heavy (non-hydrogen) atoms. The Bertz CT molecular complexity index is 828. The SMILES string of the molecule is COc1ccc(NC(=O)C(C)CCn2nc(C(F)(F)F)c3c2CCCC3)cc1. The van der Waals surface area contributed by atoms with E-state index in [2.05, 4.69) is 10.4 Å². The molecule has 1 amide bonds. The van der Waals surface area contributed by atoms with E-state index in [0.717, 1.165) is 12.8 Å². The molecule has 1 aromatic carbocycles. The molecule has 1 atom stereocenters. The van der Waals surface area contributed by atoms with Gasteiger partial charge in [0.1, 0.15) is 5.75 Å². The number of aromatic nitrogens is 2. The van der Waals surface area contributed by atoms with Gasteiger partial charge in [0.2, 0.25) is 5.91 Å². The number of benzene rings is 1. The van der Waals surface area contributed by atoms with Gasteiger partial charge in [0.25, 0.3) is 0 Å². The number of anilines is 1. The number of nitrogens with zero attached hydrogens (tertiary/aromatic N) is 2. The Balaban J connectivity index is 1.64. The summed E-state index contributed by atoms with van der Waals surface area (Å²) in [6, 6.07) is 6.97. The Hall–Kier alpha value is -2.51. The molecule has 152 valence electrons. The Kier molecular flexibility index (Phi) is 5.96. The van der Waals surface area contributed by atoms with Crippen molar-refractivity contribution in [2.75, 3.05) is 12.4 Å². The highest BCUT2D eigenvalue weighted by atomic mass is 19.4. The highest BCUT2D eigenvalue weighted by molar-refractivity contribution is 5.92. The number of carbonyl (C=O) groups is 1. The molecule has 8 heteroatoms. The van der Waals surface area contributed by atoms with Crippen LogP contribution in [-0.2, 0) is 30.4 Å². The van der Waals surface area contributed by atoms with Crippen LogP contribution in [0.1, 0.15) is 43.1 Å². The lowest BCUT2D eigenvalue weighted by atomic mass is 9.95. The summed E-state index contributed by atoms with van der Waals surface area (Å²) in [4.78, 5) is 12.4. The van der Waals surface area contributed by atoms with Gasteiger partial charge in [-0.1, -0.05) is 6.92 Å². The summed E-state index contributed by atoms with van der Waals surface area (Å²) in [6.45, 7) is 2.05. The molecule has 1 N–H and O–H groups in total. The van der Waals surface area contributed by atoms with Gasteiger partial charge in [-0.25, -0.2) is 0 Å². The molecular formula is C20H24F3N3O2. The lowest BCUT2D eigenvalue weighted by Crippen LogP contribution is -2.22. The summed E-state index contributed by atoms with van der Waals surface area (Å²) in [7, 11) is 1.56. The Labute approximate surface area is 161 Å². The number of nitrogens with one attached hydrogen (secondary N) is 1. The lowest BCUT2D eigenvalue weighted by molar-refractivity contribution is -0.142. The third-order valence-electron chi connectivity index (χ3n) is 5.10. The summed E-state index contributed by atoms with van der Waals surface area (Å²) < 4.78 is 46.3. The highest BCUT2D eigenvalue weighted by Gasteiger charge is 2.39. The van der Waals surface area contributed by atoms with Crippen LogP contribution in [-0.4, -0.2) is 22.8 Å². The van der Waals surface area contributed by atoms with Crippen LogP contribution in [0.25, 0.3) is 0 Å². The molecule has 1 aliphatic rings. The molecule has 1 aliphatic carbocycles. The van der Waals surface area contributed by atoms with Crippen molar-refractivity contribution >= 4 is 11.6 Å². The first-order valence-electron chi connectivity index (χ1n) is 9.40. The fourth-order valence-electron chi connectivity index (χ4n) is 3.47. The van der Waals surface area contributed by atoms with E-state index < -0.39 is 11.9 Å². The number of aryl methyl sites for hydroxylation is 1. The van der Waals surface area contributed by atoms with Crippen molar-refractivity contribution in [1.29, 1.82) is 0 Å². The second-order valence-corrected chi connectivity index (χ2v) is 7.11. The zero-order valence-corrected chi connectivity index (χ0v) is 16.0. The number of halogens is 3. The fraction of sp³-hybridized carbons (Fsp3) is 0.500. The summed E-state index contributed by atoms with van der Waals surface area (Å²) in [5.41, 5.74) is 0.876. The lowest BCUT2D eigenvalue weighted by Gasteiger charge is -2.16. The summed E-state index contributed by atoms with van der Waals surface area (Å²) in [5, 5.41) is 6.66. The molecule has 3 rings (SSSR count). The number of hydrogen-bond donors (Lipinski definition) is 1. The second kappa shape index (κ2) is 8.24. The summed E-state index contributed by atoms with van der Waals surface area (Å²) >= 11 is 0. The maximum absolute atomic E-state index is 13.3. The van der Waals surface area contributed by atoms with Crippen LogP contribution in [0.4, 0.5) is 18.9 Å². The first-order chi connectivity index (χ1) is 13.3. The predicted octanol–water partition coefficient (Wildman–Crippen LogP) is 4.45. The molecule has 0 spiro atoms.